The second-order valence-corrected chi connectivity index (χ2v) is 8.51. The van der Waals surface area contributed by atoms with Crippen LogP contribution in [0.15, 0.2) is 49.3 Å². The Balaban J connectivity index is 1.47. The SMILES string of the molecule is CN1CCN(CC(=O)Nc2cc(C(=O)Cc3cnc(-c4cncnc4)cn3)ccc2OC(F)(F)F)CC1. The number of amides is 1. The number of nitrogens with one attached hydrogen (secondary N) is 1. The Bertz CT molecular complexity index is 1230. The van der Waals surface area contributed by atoms with Gasteiger partial charge in [0, 0.05) is 55.9 Å². The number of hydrogen-bond acceptors (Lipinski definition) is 9. The van der Waals surface area contributed by atoms with Gasteiger partial charge in [0.15, 0.2) is 11.5 Å². The van der Waals surface area contributed by atoms with Crippen LogP contribution in [0.2, 0.25) is 0 Å². The van der Waals surface area contributed by atoms with Gasteiger partial charge in [0.25, 0.3) is 0 Å². The summed E-state index contributed by atoms with van der Waals surface area (Å²) in [5, 5.41) is 2.47. The predicted octanol–water partition coefficient (Wildman–Crippen LogP) is 2.44. The number of Topliss-reactive ketones (excluding diaryl/α,β-unsaturated/α-hetero) is 1. The molecule has 3 heterocycles. The van der Waals surface area contributed by atoms with Gasteiger partial charge in [-0.1, -0.05) is 0 Å². The van der Waals surface area contributed by atoms with Gasteiger partial charge in [0.2, 0.25) is 5.91 Å². The molecule has 1 saturated heterocycles. The summed E-state index contributed by atoms with van der Waals surface area (Å²) in [6.07, 6.45) is 2.33. The molecule has 1 fully saturated rings. The van der Waals surface area contributed by atoms with Crippen molar-refractivity contribution in [1.82, 2.24) is 29.7 Å². The van der Waals surface area contributed by atoms with E-state index in [1.807, 2.05) is 11.9 Å². The maximum atomic E-state index is 12.9. The third kappa shape index (κ3) is 7.51. The quantitative estimate of drug-likeness (QED) is 0.452. The smallest absolute Gasteiger partial charge is 0.404 e. The van der Waals surface area contributed by atoms with Crippen LogP contribution in [0.5, 0.6) is 5.75 Å². The number of benzene rings is 1. The number of halogens is 3. The van der Waals surface area contributed by atoms with Gasteiger partial charge in [-0.15, -0.1) is 13.2 Å². The minimum absolute atomic E-state index is 0.00582. The number of carbonyl (C=O) groups excluding carboxylic acids is 2. The molecule has 1 aromatic carbocycles. The van der Waals surface area contributed by atoms with Crippen LogP contribution in [0.4, 0.5) is 18.9 Å². The largest absolute Gasteiger partial charge is 0.573 e. The van der Waals surface area contributed by atoms with Crippen LogP contribution >= 0.6 is 0 Å². The molecule has 13 heteroatoms. The summed E-state index contributed by atoms with van der Waals surface area (Å²) in [5.74, 6) is -1.53. The van der Waals surface area contributed by atoms with Crippen LogP contribution in [0.1, 0.15) is 16.1 Å². The van der Waals surface area contributed by atoms with Gasteiger partial charge in [-0.25, -0.2) is 9.97 Å². The van der Waals surface area contributed by atoms with Gasteiger partial charge < -0.3 is 15.0 Å². The number of aromatic nitrogens is 4. The molecule has 0 unspecified atom stereocenters. The molecule has 194 valence electrons. The standard InChI is InChI=1S/C24H24F3N7O3/c1-33-4-6-34(7-5-33)14-23(36)32-19-8-16(2-3-22(19)37-24(25,26)27)21(35)9-18-12-31-20(13-30-18)17-10-28-15-29-11-17/h2-3,8,10-13,15H,4-7,9,14H2,1H3,(H,32,36). The van der Waals surface area contributed by atoms with E-state index < -0.39 is 23.8 Å². The highest BCUT2D eigenvalue weighted by molar-refractivity contribution is 6.00. The Hall–Kier alpha value is -3.97. The van der Waals surface area contributed by atoms with Crippen molar-refractivity contribution in [2.75, 3.05) is 45.1 Å². The average molecular weight is 515 g/mol. The van der Waals surface area contributed by atoms with E-state index in [0.717, 1.165) is 19.2 Å². The lowest BCUT2D eigenvalue weighted by Crippen LogP contribution is -2.47. The van der Waals surface area contributed by atoms with Crippen molar-refractivity contribution in [3.63, 3.8) is 0 Å². The van der Waals surface area contributed by atoms with Gasteiger partial charge in [-0.2, -0.15) is 0 Å². The van der Waals surface area contributed by atoms with E-state index in [9.17, 15) is 22.8 Å². The van der Waals surface area contributed by atoms with Crippen molar-refractivity contribution < 1.29 is 27.5 Å². The molecule has 0 bridgehead atoms. The van der Waals surface area contributed by atoms with E-state index in [1.165, 1.54) is 30.9 Å². The molecule has 2 aromatic heterocycles. The van der Waals surface area contributed by atoms with Gasteiger partial charge in [-0.05, 0) is 25.2 Å². The van der Waals surface area contributed by atoms with E-state index in [-0.39, 0.29) is 24.2 Å². The molecule has 0 saturated carbocycles. The average Bonchev–Trinajstić information content (AvgIpc) is 2.86. The minimum Gasteiger partial charge on any atom is -0.404 e. The molecule has 0 aliphatic carbocycles. The number of alkyl halides is 3. The molecule has 37 heavy (non-hydrogen) atoms. The maximum Gasteiger partial charge on any atom is 0.573 e. The third-order valence-electron chi connectivity index (χ3n) is 5.67. The number of hydrogen-bond donors (Lipinski definition) is 1. The van der Waals surface area contributed by atoms with Crippen molar-refractivity contribution in [2.24, 2.45) is 0 Å². The predicted molar refractivity (Wildman–Crippen MR) is 127 cm³/mol. The molecule has 4 rings (SSSR count). The Morgan fingerprint density at radius 1 is 1.03 bits per heavy atom. The van der Waals surface area contributed by atoms with E-state index in [1.54, 1.807) is 12.4 Å². The molecule has 0 spiro atoms. The van der Waals surface area contributed by atoms with E-state index in [2.05, 4.69) is 34.9 Å². The maximum absolute atomic E-state index is 12.9. The van der Waals surface area contributed by atoms with Crippen molar-refractivity contribution in [2.45, 2.75) is 12.8 Å². The molecule has 1 aliphatic heterocycles. The molecule has 0 atom stereocenters. The highest BCUT2D eigenvalue weighted by Gasteiger charge is 2.32. The molecule has 1 amide bonds. The van der Waals surface area contributed by atoms with Crippen molar-refractivity contribution in [1.29, 1.82) is 0 Å². The summed E-state index contributed by atoms with van der Waals surface area (Å²) in [5.41, 5.74) is 1.39. The number of ether oxygens (including phenoxy) is 1. The number of carbonyl (C=O) groups is 2. The molecule has 10 nitrogen and oxygen atoms in total. The monoisotopic (exact) mass is 515 g/mol. The second kappa shape index (κ2) is 11.4. The highest BCUT2D eigenvalue weighted by Crippen LogP contribution is 2.31. The summed E-state index contributed by atoms with van der Waals surface area (Å²) < 4.78 is 42.9. The summed E-state index contributed by atoms with van der Waals surface area (Å²) >= 11 is 0. The fourth-order valence-corrected chi connectivity index (χ4v) is 3.71. The topological polar surface area (TPSA) is 113 Å². The zero-order valence-corrected chi connectivity index (χ0v) is 19.9. The van der Waals surface area contributed by atoms with E-state index >= 15 is 0 Å². The molecule has 0 radical (unpaired) electrons. The Morgan fingerprint density at radius 3 is 2.41 bits per heavy atom. The zero-order chi connectivity index (χ0) is 26.4. The molecular weight excluding hydrogens is 491 g/mol. The lowest BCUT2D eigenvalue weighted by Gasteiger charge is -2.31. The van der Waals surface area contributed by atoms with Crippen molar-refractivity contribution >= 4 is 17.4 Å². The fraction of sp³-hybridized carbons (Fsp3) is 0.333. The number of anilines is 1. The highest BCUT2D eigenvalue weighted by atomic mass is 19.4. The van der Waals surface area contributed by atoms with Crippen LogP contribution in [-0.2, 0) is 11.2 Å². The van der Waals surface area contributed by atoms with E-state index in [0.29, 0.717) is 30.0 Å². The van der Waals surface area contributed by atoms with E-state index in [4.69, 9.17) is 0 Å². The Morgan fingerprint density at radius 2 is 1.76 bits per heavy atom. The van der Waals surface area contributed by atoms with Crippen LogP contribution in [0.3, 0.4) is 0 Å². The first-order valence-corrected chi connectivity index (χ1v) is 11.4. The number of nitrogens with zero attached hydrogens (tertiary/aromatic N) is 6. The Labute approximate surface area is 210 Å². The normalized spacial score (nSPS) is 14.8. The fourth-order valence-electron chi connectivity index (χ4n) is 3.71. The summed E-state index contributed by atoms with van der Waals surface area (Å²) in [6.45, 7) is 2.88. The summed E-state index contributed by atoms with van der Waals surface area (Å²) in [7, 11) is 1.97. The number of ketones is 1. The Kier molecular flexibility index (Phi) is 8.04. The third-order valence-corrected chi connectivity index (χ3v) is 5.67. The molecule has 1 aliphatic rings. The van der Waals surface area contributed by atoms with Crippen LogP contribution < -0.4 is 10.1 Å². The lowest BCUT2D eigenvalue weighted by atomic mass is 10.1. The van der Waals surface area contributed by atoms with Crippen molar-refractivity contribution in [3.8, 4) is 17.0 Å². The van der Waals surface area contributed by atoms with Gasteiger partial charge >= 0.3 is 6.36 Å². The van der Waals surface area contributed by atoms with Gasteiger partial charge in [-0.3, -0.25) is 24.5 Å². The van der Waals surface area contributed by atoms with Gasteiger partial charge in [0.1, 0.15) is 6.33 Å². The molecule has 3 aromatic rings. The number of piperazine rings is 1. The lowest BCUT2D eigenvalue weighted by molar-refractivity contribution is -0.274. The van der Waals surface area contributed by atoms with Crippen LogP contribution in [0, 0.1) is 0 Å². The molecule has 1 N–H and O–H groups in total. The van der Waals surface area contributed by atoms with Crippen LogP contribution in [-0.4, -0.2) is 87.6 Å². The zero-order valence-electron chi connectivity index (χ0n) is 19.9. The number of rotatable bonds is 8. The minimum atomic E-state index is -4.97. The summed E-state index contributed by atoms with van der Waals surface area (Å²) in [6, 6.07) is 3.40. The van der Waals surface area contributed by atoms with Crippen molar-refractivity contribution in [3.05, 3.63) is 60.6 Å². The first-order valence-electron chi connectivity index (χ1n) is 11.4. The number of likely N-dealkylation sites (N-methyl/N-ethyl adjacent to an activating group) is 1. The summed E-state index contributed by atoms with van der Waals surface area (Å²) in [4.78, 5) is 45.8. The first-order chi connectivity index (χ1) is 17.7. The van der Waals surface area contributed by atoms with Gasteiger partial charge in [0.05, 0.1) is 36.2 Å². The molecular formula is C24H24F3N7O3. The second-order valence-electron chi connectivity index (χ2n) is 8.51. The first kappa shape index (κ1) is 26.1. The van der Waals surface area contributed by atoms with Crippen LogP contribution in [0.25, 0.3) is 11.3 Å².